The monoisotopic (exact) mass is 405 g/mol. The molecule has 0 saturated heterocycles. The standard InChI is InChI=1S/C18H16BrNO5/c1-24-12-5-10(6-13(8-12)25-2)16(21)9-18(23)14-7-11(19)3-4-15(14)20-17(18)22/h3-8,23H,9H2,1-2H3,(H,20,22)/t18-/m1/s1. The first kappa shape index (κ1) is 17.4. The van der Waals surface area contributed by atoms with Gasteiger partial charge in [0, 0.05) is 27.4 Å². The third-order valence-electron chi connectivity index (χ3n) is 4.14. The van der Waals surface area contributed by atoms with Crippen molar-refractivity contribution in [3.8, 4) is 11.5 Å². The van der Waals surface area contributed by atoms with Crippen LogP contribution in [0.1, 0.15) is 22.3 Å². The van der Waals surface area contributed by atoms with Crippen LogP contribution >= 0.6 is 15.9 Å². The fraction of sp³-hybridized carbons (Fsp3) is 0.222. The average Bonchev–Trinajstić information content (AvgIpc) is 2.85. The van der Waals surface area contributed by atoms with Crippen molar-refractivity contribution in [3.05, 3.63) is 52.0 Å². The van der Waals surface area contributed by atoms with Crippen LogP contribution in [0.2, 0.25) is 0 Å². The van der Waals surface area contributed by atoms with E-state index in [-0.39, 0.29) is 0 Å². The van der Waals surface area contributed by atoms with Crippen molar-refractivity contribution in [2.75, 3.05) is 19.5 Å². The molecule has 130 valence electrons. The van der Waals surface area contributed by atoms with Gasteiger partial charge in [-0.2, -0.15) is 0 Å². The van der Waals surface area contributed by atoms with Crippen molar-refractivity contribution in [2.45, 2.75) is 12.0 Å². The molecule has 1 amide bonds. The van der Waals surface area contributed by atoms with Gasteiger partial charge in [-0.15, -0.1) is 0 Å². The number of ketones is 1. The lowest BCUT2D eigenvalue weighted by Crippen LogP contribution is -2.36. The van der Waals surface area contributed by atoms with Gasteiger partial charge in [0.1, 0.15) is 11.5 Å². The van der Waals surface area contributed by atoms with Crippen molar-refractivity contribution in [1.29, 1.82) is 0 Å². The molecule has 0 aromatic heterocycles. The lowest BCUT2D eigenvalue weighted by molar-refractivity contribution is -0.133. The number of carbonyl (C=O) groups is 2. The first-order valence-corrected chi connectivity index (χ1v) is 8.27. The van der Waals surface area contributed by atoms with E-state index in [1.165, 1.54) is 14.2 Å². The minimum Gasteiger partial charge on any atom is -0.497 e. The lowest BCUT2D eigenvalue weighted by Gasteiger charge is -2.20. The molecule has 1 atom stereocenters. The second-order valence-corrected chi connectivity index (χ2v) is 6.62. The predicted octanol–water partition coefficient (Wildman–Crippen LogP) is 2.88. The fourth-order valence-corrected chi connectivity index (χ4v) is 3.16. The van der Waals surface area contributed by atoms with Crippen LogP contribution in [0.5, 0.6) is 11.5 Å². The van der Waals surface area contributed by atoms with Gasteiger partial charge >= 0.3 is 0 Å². The van der Waals surface area contributed by atoms with E-state index in [9.17, 15) is 14.7 Å². The van der Waals surface area contributed by atoms with Gasteiger partial charge in [-0.25, -0.2) is 0 Å². The molecule has 1 aliphatic heterocycles. The van der Waals surface area contributed by atoms with Crippen molar-refractivity contribution >= 4 is 33.3 Å². The Kier molecular flexibility index (Phi) is 4.53. The summed E-state index contributed by atoms with van der Waals surface area (Å²) in [5, 5.41) is 13.5. The number of amides is 1. The molecule has 3 rings (SSSR count). The van der Waals surface area contributed by atoms with E-state index in [1.54, 1.807) is 36.4 Å². The van der Waals surface area contributed by atoms with E-state index in [1.807, 2.05) is 0 Å². The first-order valence-electron chi connectivity index (χ1n) is 7.47. The lowest BCUT2D eigenvalue weighted by atomic mass is 9.88. The maximum Gasteiger partial charge on any atom is 0.261 e. The molecule has 0 bridgehead atoms. The fourth-order valence-electron chi connectivity index (χ4n) is 2.79. The Balaban J connectivity index is 1.96. The topological polar surface area (TPSA) is 84.9 Å². The quantitative estimate of drug-likeness (QED) is 0.747. The Morgan fingerprint density at radius 1 is 1.16 bits per heavy atom. The van der Waals surface area contributed by atoms with Crippen LogP contribution in [0.4, 0.5) is 5.69 Å². The van der Waals surface area contributed by atoms with Gasteiger partial charge in [-0.1, -0.05) is 15.9 Å². The molecule has 2 aromatic rings. The van der Waals surface area contributed by atoms with E-state index in [0.717, 1.165) is 0 Å². The number of methoxy groups -OCH3 is 2. The summed E-state index contributed by atoms with van der Waals surface area (Å²) in [6.45, 7) is 0. The third-order valence-corrected chi connectivity index (χ3v) is 4.63. The number of hydrogen-bond acceptors (Lipinski definition) is 5. The molecule has 1 heterocycles. The normalized spacial score (nSPS) is 18.5. The Morgan fingerprint density at radius 3 is 2.40 bits per heavy atom. The van der Waals surface area contributed by atoms with Gasteiger partial charge in [0.15, 0.2) is 11.4 Å². The molecule has 0 unspecified atom stereocenters. The number of hydrogen-bond donors (Lipinski definition) is 2. The number of nitrogens with one attached hydrogen (secondary N) is 1. The highest BCUT2D eigenvalue weighted by atomic mass is 79.9. The van der Waals surface area contributed by atoms with Crippen LogP contribution in [0.25, 0.3) is 0 Å². The Hall–Kier alpha value is -2.38. The van der Waals surface area contributed by atoms with E-state index in [2.05, 4.69) is 21.2 Å². The minimum absolute atomic E-state index is 0.292. The molecule has 2 aromatic carbocycles. The SMILES string of the molecule is COc1cc(OC)cc(C(=O)C[C@]2(O)C(=O)Nc3ccc(Br)cc32)c1. The summed E-state index contributed by atoms with van der Waals surface area (Å²) in [5.74, 6) is -0.117. The summed E-state index contributed by atoms with van der Waals surface area (Å²) in [4.78, 5) is 25.0. The molecule has 0 fully saturated rings. The van der Waals surface area contributed by atoms with Gasteiger partial charge in [-0.3, -0.25) is 9.59 Å². The summed E-state index contributed by atoms with van der Waals surface area (Å²) in [5.41, 5.74) is -0.769. The van der Waals surface area contributed by atoms with Crippen molar-refractivity contribution < 1.29 is 24.2 Å². The van der Waals surface area contributed by atoms with Crippen LogP contribution in [0.3, 0.4) is 0 Å². The van der Waals surface area contributed by atoms with E-state index in [4.69, 9.17) is 9.47 Å². The van der Waals surface area contributed by atoms with Crippen molar-refractivity contribution in [1.82, 2.24) is 0 Å². The zero-order valence-electron chi connectivity index (χ0n) is 13.6. The number of halogens is 1. The number of ether oxygens (including phenoxy) is 2. The Labute approximate surface area is 152 Å². The van der Waals surface area contributed by atoms with Gasteiger partial charge < -0.3 is 19.9 Å². The zero-order chi connectivity index (χ0) is 18.2. The molecule has 7 heteroatoms. The van der Waals surface area contributed by atoms with Crippen molar-refractivity contribution in [2.24, 2.45) is 0 Å². The summed E-state index contributed by atoms with van der Waals surface area (Å²) in [6, 6.07) is 9.78. The van der Waals surface area contributed by atoms with E-state index < -0.39 is 23.7 Å². The molecule has 0 aliphatic carbocycles. The van der Waals surface area contributed by atoms with Gasteiger partial charge in [0.05, 0.1) is 20.6 Å². The highest BCUT2D eigenvalue weighted by Gasteiger charge is 2.47. The molecular weight excluding hydrogens is 390 g/mol. The summed E-state index contributed by atoms with van der Waals surface area (Å²) in [6.07, 6.45) is -0.390. The second kappa shape index (κ2) is 6.50. The molecule has 0 saturated carbocycles. The highest BCUT2D eigenvalue weighted by molar-refractivity contribution is 9.10. The second-order valence-electron chi connectivity index (χ2n) is 5.71. The number of carbonyl (C=O) groups excluding carboxylic acids is 2. The molecule has 2 N–H and O–H groups in total. The van der Waals surface area contributed by atoms with Crippen molar-refractivity contribution in [3.63, 3.8) is 0 Å². The van der Waals surface area contributed by atoms with Gasteiger partial charge in [-0.05, 0) is 30.3 Å². The molecule has 6 nitrogen and oxygen atoms in total. The Morgan fingerprint density at radius 2 is 1.80 bits per heavy atom. The minimum atomic E-state index is -1.92. The Bertz CT molecular complexity index is 844. The number of fused-ring (bicyclic) bond motifs is 1. The summed E-state index contributed by atoms with van der Waals surface area (Å²) < 4.78 is 11.0. The maximum atomic E-state index is 12.7. The molecule has 0 radical (unpaired) electrons. The summed E-state index contributed by atoms with van der Waals surface area (Å²) in [7, 11) is 2.96. The number of Topliss-reactive ketones (excluding diaryl/α,β-unsaturated/α-hetero) is 1. The first-order chi connectivity index (χ1) is 11.9. The maximum absolute atomic E-state index is 12.7. The van der Waals surface area contributed by atoms with Crippen LogP contribution in [0.15, 0.2) is 40.9 Å². The molecular formula is C18H16BrNO5. The predicted molar refractivity (Wildman–Crippen MR) is 95.2 cm³/mol. The van der Waals surface area contributed by atoms with Crippen LogP contribution in [-0.4, -0.2) is 31.0 Å². The number of aliphatic hydroxyl groups is 1. The third kappa shape index (κ3) is 3.12. The summed E-state index contributed by atoms with van der Waals surface area (Å²) >= 11 is 3.32. The smallest absolute Gasteiger partial charge is 0.261 e. The van der Waals surface area contributed by atoms with Gasteiger partial charge in [0.25, 0.3) is 5.91 Å². The number of rotatable bonds is 5. The van der Waals surface area contributed by atoms with Gasteiger partial charge in [0.2, 0.25) is 0 Å². The van der Waals surface area contributed by atoms with Crippen LogP contribution < -0.4 is 14.8 Å². The average molecular weight is 406 g/mol. The zero-order valence-corrected chi connectivity index (χ0v) is 15.2. The largest absolute Gasteiger partial charge is 0.497 e. The molecule has 0 spiro atoms. The van der Waals surface area contributed by atoms with E-state index in [0.29, 0.717) is 32.8 Å². The highest BCUT2D eigenvalue weighted by Crippen LogP contribution is 2.40. The van der Waals surface area contributed by atoms with E-state index >= 15 is 0 Å². The molecule has 1 aliphatic rings. The van der Waals surface area contributed by atoms with Crippen LogP contribution in [-0.2, 0) is 10.4 Å². The number of anilines is 1. The molecule has 25 heavy (non-hydrogen) atoms. The van der Waals surface area contributed by atoms with Crippen LogP contribution in [0, 0.1) is 0 Å². The number of benzene rings is 2.